The molecule has 28 heavy (non-hydrogen) atoms. The highest BCUT2D eigenvalue weighted by molar-refractivity contribution is 7.92. The van der Waals surface area contributed by atoms with Crippen LogP contribution in [0.4, 0.5) is 17.1 Å². The average Bonchev–Trinajstić information content (AvgIpc) is 2.55. The monoisotopic (exact) mass is 423 g/mol. The van der Waals surface area contributed by atoms with Gasteiger partial charge in [-0.3, -0.25) is 14.2 Å². The first-order chi connectivity index (χ1) is 12.9. The molecule has 0 spiro atoms. The lowest BCUT2D eigenvalue weighted by molar-refractivity contribution is -0.111. The molecule has 0 bridgehead atoms. The van der Waals surface area contributed by atoms with Gasteiger partial charge in [0, 0.05) is 17.5 Å². The Morgan fingerprint density at radius 2 is 1.43 bits per heavy atom. The van der Waals surface area contributed by atoms with Gasteiger partial charge >= 0.3 is 0 Å². The predicted octanol–water partition coefficient (Wildman–Crippen LogP) is 2.39. The standard InChI is InChI=1S/C18H21N3O5S2/c1-13-4-8-16(12-17(13)21-28(3,25)26)19-18(22)11-7-14-5-9-15(10-6-14)20-27(2,23)24/h4-12,20-21H,1-3H3,(H,19,22)/b11-7+. The summed E-state index contributed by atoms with van der Waals surface area (Å²) < 4.78 is 49.9. The van der Waals surface area contributed by atoms with E-state index in [-0.39, 0.29) is 0 Å². The molecule has 0 heterocycles. The van der Waals surface area contributed by atoms with Crippen LogP contribution in [0.3, 0.4) is 0 Å². The van der Waals surface area contributed by atoms with Gasteiger partial charge in [0.05, 0.1) is 18.2 Å². The minimum atomic E-state index is -3.43. The van der Waals surface area contributed by atoms with Crippen LogP contribution in [-0.4, -0.2) is 35.3 Å². The molecule has 0 aliphatic heterocycles. The molecule has 0 saturated heterocycles. The van der Waals surface area contributed by atoms with E-state index < -0.39 is 26.0 Å². The number of hydrogen-bond acceptors (Lipinski definition) is 5. The summed E-state index contributed by atoms with van der Waals surface area (Å²) in [5, 5.41) is 2.66. The minimum absolute atomic E-state index is 0.387. The fourth-order valence-corrected chi connectivity index (χ4v) is 3.43. The zero-order valence-corrected chi connectivity index (χ0v) is 17.2. The first kappa shape index (κ1) is 21.5. The van der Waals surface area contributed by atoms with E-state index in [2.05, 4.69) is 14.8 Å². The van der Waals surface area contributed by atoms with Gasteiger partial charge in [0.1, 0.15) is 0 Å². The van der Waals surface area contributed by atoms with Crippen LogP contribution in [0.2, 0.25) is 0 Å². The SMILES string of the molecule is Cc1ccc(NC(=O)/C=C/c2ccc(NS(C)(=O)=O)cc2)cc1NS(C)(=O)=O. The van der Waals surface area contributed by atoms with Gasteiger partial charge in [-0.2, -0.15) is 0 Å². The van der Waals surface area contributed by atoms with E-state index in [0.717, 1.165) is 18.1 Å². The summed E-state index contributed by atoms with van der Waals surface area (Å²) in [7, 11) is -6.77. The Morgan fingerprint density at radius 1 is 0.857 bits per heavy atom. The number of aryl methyl sites for hydroxylation is 1. The van der Waals surface area contributed by atoms with Gasteiger partial charge in [0.15, 0.2) is 0 Å². The van der Waals surface area contributed by atoms with Crippen molar-refractivity contribution >= 4 is 49.1 Å². The molecule has 8 nitrogen and oxygen atoms in total. The molecule has 0 unspecified atom stereocenters. The quantitative estimate of drug-likeness (QED) is 0.591. The van der Waals surface area contributed by atoms with E-state index in [4.69, 9.17) is 0 Å². The lowest BCUT2D eigenvalue weighted by atomic mass is 10.2. The molecule has 0 saturated carbocycles. The molecule has 0 aliphatic rings. The number of rotatable bonds is 7. The van der Waals surface area contributed by atoms with Crippen molar-refractivity contribution in [3.05, 3.63) is 59.7 Å². The van der Waals surface area contributed by atoms with Crippen LogP contribution in [0.1, 0.15) is 11.1 Å². The van der Waals surface area contributed by atoms with Gasteiger partial charge in [0.25, 0.3) is 0 Å². The molecule has 150 valence electrons. The van der Waals surface area contributed by atoms with Crippen molar-refractivity contribution in [1.82, 2.24) is 0 Å². The Bertz CT molecular complexity index is 1110. The highest BCUT2D eigenvalue weighted by Gasteiger charge is 2.07. The second kappa shape index (κ2) is 8.44. The van der Waals surface area contributed by atoms with Crippen molar-refractivity contribution in [2.75, 3.05) is 27.3 Å². The minimum Gasteiger partial charge on any atom is -0.322 e. The highest BCUT2D eigenvalue weighted by Crippen LogP contribution is 2.21. The molecule has 2 aromatic carbocycles. The van der Waals surface area contributed by atoms with Gasteiger partial charge in [-0.05, 0) is 48.4 Å². The van der Waals surface area contributed by atoms with Crippen LogP contribution in [0.5, 0.6) is 0 Å². The van der Waals surface area contributed by atoms with Crippen molar-refractivity contribution in [3.8, 4) is 0 Å². The maximum absolute atomic E-state index is 12.1. The lowest BCUT2D eigenvalue weighted by Crippen LogP contribution is -2.12. The van der Waals surface area contributed by atoms with E-state index in [0.29, 0.717) is 22.6 Å². The summed E-state index contributed by atoms with van der Waals surface area (Å²) in [5.74, 6) is -0.396. The van der Waals surface area contributed by atoms with Gasteiger partial charge in [0.2, 0.25) is 26.0 Å². The van der Waals surface area contributed by atoms with Crippen LogP contribution < -0.4 is 14.8 Å². The zero-order valence-electron chi connectivity index (χ0n) is 15.6. The number of amides is 1. The van der Waals surface area contributed by atoms with E-state index in [1.165, 1.54) is 12.1 Å². The molecule has 10 heteroatoms. The third-order valence-corrected chi connectivity index (χ3v) is 4.64. The number of anilines is 3. The summed E-state index contributed by atoms with van der Waals surface area (Å²) in [4.78, 5) is 12.1. The Balaban J connectivity index is 2.04. The van der Waals surface area contributed by atoms with E-state index in [1.54, 1.807) is 49.4 Å². The van der Waals surface area contributed by atoms with Crippen molar-refractivity contribution in [2.24, 2.45) is 0 Å². The largest absolute Gasteiger partial charge is 0.322 e. The van der Waals surface area contributed by atoms with E-state index >= 15 is 0 Å². The Labute approximate surface area is 164 Å². The second-order valence-corrected chi connectivity index (χ2v) is 9.72. The molecule has 2 rings (SSSR count). The van der Waals surface area contributed by atoms with Crippen LogP contribution in [0.25, 0.3) is 6.08 Å². The normalized spacial score (nSPS) is 12.0. The number of nitrogens with one attached hydrogen (secondary N) is 3. The highest BCUT2D eigenvalue weighted by atomic mass is 32.2. The maximum Gasteiger partial charge on any atom is 0.248 e. The summed E-state index contributed by atoms with van der Waals surface area (Å²) in [6, 6.07) is 11.4. The average molecular weight is 424 g/mol. The third-order valence-electron chi connectivity index (χ3n) is 3.44. The van der Waals surface area contributed by atoms with Gasteiger partial charge in [-0.25, -0.2) is 16.8 Å². The van der Waals surface area contributed by atoms with Crippen molar-refractivity contribution in [1.29, 1.82) is 0 Å². The fraction of sp³-hybridized carbons (Fsp3) is 0.167. The van der Waals surface area contributed by atoms with E-state index in [9.17, 15) is 21.6 Å². The van der Waals surface area contributed by atoms with Crippen LogP contribution in [0.15, 0.2) is 48.5 Å². The molecular formula is C18H21N3O5S2. The molecule has 3 N–H and O–H groups in total. The lowest BCUT2D eigenvalue weighted by Gasteiger charge is -2.10. The van der Waals surface area contributed by atoms with E-state index in [1.807, 2.05) is 0 Å². The van der Waals surface area contributed by atoms with Gasteiger partial charge < -0.3 is 5.32 Å². The predicted molar refractivity (Wildman–Crippen MR) is 112 cm³/mol. The van der Waals surface area contributed by atoms with Crippen LogP contribution in [-0.2, 0) is 24.8 Å². The second-order valence-electron chi connectivity index (χ2n) is 6.22. The van der Waals surface area contributed by atoms with Gasteiger partial charge in [-0.1, -0.05) is 18.2 Å². The van der Waals surface area contributed by atoms with Crippen molar-refractivity contribution in [3.63, 3.8) is 0 Å². The number of carbonyl (C=O) groups excluding carboxylic acids is 1. The molecular weight excluding hydrogens is 402 g/mol. The first-order valence-corrected chi connectivity index (χ1v) is 11.8. The third kappa shape index (κ3) is 7.41. The number of sulfonamides is 2. The maximum atomic E-state index is 12.1. The molecule has 2 aromatic rings. The smallest absolute Gasteiger partial charge is 0.248 e. The molecule has 0 aliphatic carbocycles. The summed E-state index contributed by atoms with van der Waals surface area (Å²) in [6.45, 7) is 1.75. The summed E-state index contributed by atoms with van der Waals surface area (Å²) in [6.07, 6.45) is 5.01. The first-order valence-electron chi connectivity index (χ1n) is 8.07. The molecule has 1 amide bonds. The molecule has 0 fully saturated rings. The summed E-state index contributed by atoms with van der Waals surface area (Å²) >= 11 is 0. The zero-order chi connectivity index (χ0) is 20.9. The Morgan fingerprint density at radius 3 is 2.00 bits per heavy atom. The molecule has 0 aromatic heterocycles. The van der Waals surface area contributed by atoms with Crippen molar-refractivity contribution < 1.29 is 21.6 Å². The van der Waals surface area contributed by atoms with Crippen LogP contribution in [0, 0.1) is 6.92 Å². The fourth-order valence-electron chi connectivity index (χ4n) is 2.24. The number of carbonyl (C=O) groups is 1. The van der Waals surface area contributed by atoms with Crippen molar-refractivity contribution in [2.45, 2.75) is 6.92 Å². The molecule has 0 radical (unpaired) electrons. The Hall–Kier alpha value is -2.85. The van der Waals surface area contributed by atoms with Gasteiger partial charge in [-0.15, -0.1) is 0 Å². The number of benzene rings is 2. The molecule has 0 atom stereocenters. The number of hydrogen-bond donors (Lipinski definition) is 3. The summed E-state index contributed by atoms with van der Waals surface area (Å²) in [5.41, 5.74) is 2.69. The Kier molecular flexibility index (Phi) is 6.47. The topological polar surface area (TPSA) is 121 Å². The van der Waals surface area contributed by atoms with Crippen LogP contribution >= 0.6 is 0 Å².